The zero-order valence-corrected chi connectivity index (χ0v) is 8.98. The predicted octanol–water partition coefficient (Wildman–Crippen LogP) is 3.11. The van der Waals surface area contributed by atoms with E-state index in [9.17, 15) is 13.2 Å². The van der Waals surface area contributed by atoms with Crippen LogP contribution in [0.1, 0.15) is 11.6 Å². The first-order valence-corrected chi connectivity index (χ1v) is 4.76. The molecular weight excluding hydrogens is 259 g/mol. The van der Waals surface area contributed by atoms with Gasteiger partial charge >= 0.3 is 0 Å². The van der Waals surface area contributed by atoms with Crippen molar-refractivity contribution in [3.8, 4) is 0 Å². The second kappa shape index (κ2) is 4.79. The summed E-state index contributed by atoms with van der Waals surface area (Å²) < 4.78 is 38.5. The minimum absolute atomic E-state index is 0.0307. The molecule has 1 aromatic rings. The number of rotatable bonds is 3. The van der Waals surface area contributed by atoms with Crippen molar-refractivity contribution in [3.05, 3.63) is 34.1 Å². The molecule has 0 aromatic heterocycles. The summed E-state index contributed by atoms with van der Waals surface area (Å²) in [6.07, 6.45) is -2.64. The van der Waals surface area contributed by atoms with Crippen molar-refractivity contribution in [2.45, 2.75) is 12.5 Å². The van der Waals surface area contributed by atoms with Crippen molar-refractivity contribution in [2.75, 3.05) is 7.05 Å². The molecular formula is C9H9BrF3N. The van der Waals surface area contributed by atoms with E-state index < -0.39 is 18.3 Å². The molecule has 0 radical (unpaired) electrons. The molecule has 0 aliphatic carbocycles. The van der Waals surface area contributed by atoms with Gasteiger partial charge in [-0.15, -0.1) is 0 Å². The van der Waals surface area contributed by atoms with Gasteiger partial charge in [-0.2, -0.15) is 0 Å². The lowest BCUT2D eigenvalue weighted by Gasteiger charge is -2.16. The summed E-state index contributed by atoms with van der Waals surface area (Å²) in [6, 6.07) is 3.06. The average Bonchev–Trinajstić information content (AvgIpc) is 2.13. The lowest BCUT2D eigenvalue weighted by molar-refractivity contribution is 0.100. The van der Waals surface area contributed by atoms with Crippen LogP contribution in [0.2, 0.25) is 0 Å². The fourth-order valence-electron chi connectivity index (χ4n) is 1.18. The summed E-state index contributed by atoms with van der Waals surface area (Å²) in [4.78, 5) is 0. The predicted molar refractivity (Wildman–Crippen MR) is 51.9 cm³/mol. The van der Waals surface area contributed by atoms with Gasteiger partial charge in [0.05, 0.1) is 10.5 Å². The molecule has 0 bridgehead atoms. The Bertz CT molecular complexity index is 317. The van der Waals surface area contributed by atoms with Gasteiger partial charge in [-0.25, -0.2) is 13.2 Å². The molecule has 1 aromatic carbocycles. The van der Waals surface area contributed by atoms with Gasteiger partial charge in [0.25, 0.3) is 6.43 Å². The molecule has 1 unspecified atom stereocenters. The van der Waals surface area contributed by atoms with Gasteiger partial charge < -0.3 is 5.32 Å². The Balaban J connectivity index is 3.10. The Hall–Kier alpha value is -0.550. The van der Waals surface area contributed by atoms with Crippen LogP contribution >= 0.6 is 15.9 Å². The van der Waals surface area contributed by atoms with Crippen LogP contribution in [0, 0.1) is 5.82 Å². The molecule has 0 aliphatic rings. The number of hydrogen-bond acceptors (Lipinski definition) is 1. The summed E-state index contributed by atoms with van der Waals surface area (Å²) in [5.41, 5.74) is -0.0307. The minimum atomic E-state index is -2.64. The second-order valence-corrected chi connectivity index (χ2v) is 3.60. The highest BCUT2D eigenvalue weighted by Gasteiger charge is 2.24. The molecule has 0 saturated heterocycles. The summed E-state index contributed by atoms with van der Waals surface area (Å²) in [7, 11) is 1.37. The molecule has 0 aliphatic heterocycles. The van der Waals surface area contributed by atoms with Gasteiger partial charge in [0.15, 0.2) is 0 Å². The van der Waals surface area contributed by atoms with Gasteiger partial charge in [0.1, 0.15) is 5.82 Å². The SMILES string of the molecule is CNC(c1cccc(Br)c1F)C(F)F. The van der Waals surface area contributed by atoms with E-state index in [0.717, 1.165) is 0 Å². The molecule has 0 saturated carbocycles. The van der Waals surface area contributed by atoms with E-state index >= 15 is 0 Å². The number of nitrogens with one attached hydrogen (secondary N) is 1. The molecule has 0 heterocycles. The Morgan fingerprint density at radius 3 is 2.50 bits per heavy atom. The molecule has 1 N–H and O–H groups in total. The van der Waals surface area contributed by atoms with Gasteiger partial charge in [-0.1, -0.05) is 12.1 Å². The molecule has 0 spiro atoms. The van der Waals surface area contributed by atoms with Crippen LogP contribution in [-0.4, -0.2) is 13.5 Å². The van der Waals surface area contributed by atoms with Gasteiger partial charge in [-0.3, -0.25) is 0 Å². The lowest BCUT2D eigenvalue weighted by atomic mass is 10.1. The van der Waals surface area contributed by atoms with E-state index in [-0.39, 0.29) is 10.0 Å². The number of halogens is 4. The number of hydrogen-bond donors (Lipinski definition) is 1. The molecule has 78 valence electrons. The van der Waals surface area contributed by atoms with Gasteiger partial charge in [-0.05, 0) is 29.0 Å². The van der Waals surface area contributed by atoms with E-state index in [1.54, 1.807) is 0 Å². The maximum atomic E-state index is 13.4. The van der Waals surface area contributed by atoms with Crippen molar-refractivity contribution < 1.29 is 13.2 Å². The third kappa shape index (κ3) is 2.27. The third-order valence-corrected chi connectivity index (χ3v) is 2.49. The molecule has 1 nitrogen and oxygen atoms in total. The zero-order chi connectivity index (χ0) is 10.7. The summed E-state index contributed by atoms with van der Waals surface area (Å²) >= 11 is 2.94. The highest BCUT2D eigenvalue weighted by molar-refractivity contribution is 9.10. The molecule has 0 fully saturated rings. The summed E-state index contributed by atoms with van der Waals surface area (Å²) in [5, 5.41) is 2.38. The Labute approximate surface area is 88.4 Å². The van der Waals surface area contributed by atoms with Crippen LogP contribution in [0.15, 0.2) is 22.7 Å². The Kier molecular flexibility index (Phi) is 3.95. The fraction of sp³-hybridized carbons (Fsp3) is 0.333. The monoisotopic (exact) mass is 267 g/mol. The van der Waals surface area contributed by atoms with Crippen LogP contribution < -0.4 is 5.32 Å². The van der Waals surface area contributed by atoms with Crippen molar-refractivity contribution in [3.63, 3.8) is 0 Å². The summed E-state index contributed by atoms with van der Waals surface area (Å²) in [5.74, 6) is -0.646. The first-order valence-electron chi connectivity index (χ1n) is 3.97. The first-order chi connectivity index (χ1) is 6.57. The molecule has 0 amide bonds. The maximum Gasteiger partial charge on any atom is 0.257 e. The van der Waals surface area contributed by atoms with E-state index in [2.05, 4.69) is 21.2 Å². The van der Waals surface area contributed by atoms with Crippen molar-refractivity contribution in [1.29, 1.82) is 0 Å². The standard InChI is InChI=1S/C9H9BrF3N/c1-14-8(9(12)13)5-3-2-4-6(10)7(5)11/h2-4,8-9,14H,1H3. The van der Waals surface area contributed by atoms with Gasteiger partial charge in [0.2, 0.25) is 0 Å². The highest BCUT2D eigenvalue weighted by atomic mass is 79.9. The van der Waals surface area contributed by atoms with Crippen LogP contribution in [0.4, 0.5) is 13.2 Å². The van der Waals surface area contributed by atoms with Crippen LogP contribution in [0.5, 0.6) is 0 Å². The second-order valence-electron chi connectivity index (χ2n) is 2.74. The molecule has 1 atom stereocenters. The largest absolute Gasteiger partial charge is 0.308 e. The van der Waals surface area contributed by atoms with Crippen LogP contribution in [0.25, 0.3) is 0 Å². The fourth-order valence-corrected chi connectivity index (χ4v) is 1.56. The Morgan fingerprint density at radius 1 is 1.36 bits per heavy atom. The number of benzene rings is 1. The highest BCUT2D eigenvalue weighted by Crippen LogP contribution is 2.27. The van der Waals surface area contributed by atoms with Gasteiger partial charge in [0, 0.05) is 5.56 Å². The average molecular weight is 268 g/mol. The third-order valence-electron chi connectivity index (χ3n) is 1.88. The first kappa shape index (κ1) is 11.5. The van der Waals surface area contributed by atoms with E-state index in [4.69, 9.17) is 0 Å². The zero-order valence-electron chi connectivity index (χ0n) is 7.40. The van der Waals surface area contributed by atoms with Crippen molar-refractivity contribution in [1.82, 2.24) is 5.32 Å². The topological polar surface area (TPSA) is 12.0 Å². The molecule has 1 rings (SSSR count). The lowest BCUT2D eigenvalue weighted by Crippen LogP contribution is -2.24. The van der Waals surface area contributed by atoms with Crippen LogP contribution in [0.3, 0.4) is 0 Å². The minimum Gasteiger partial charge on any atom is -0.308 e. The summed E-state index contributed by atoms with van der Waals surface area (Å²) in [6.45, 7) is 0. The van der Waals surface area contributed by atoms with E-state index in [0.29, 0.717) is 0 Å². The molecule has 5 heteroatoms. The van der Waals surface area contributed by atoms with Crippen LogP contribution in [-0.2, 0) is 0 Å². The number of alkyl halides is 2. The molecule has 14 heavy (non-hydrogen) atoms. The quantitative estimate of drug-likeness (QED) is 0.888. The van der Waals surface area contributed by atoms with Crippen molar-refractivity contribution in [2.24, 2.45) is 0 Å². The smallest absolute Gasteiger partial charge is 0.257 e. The van der Waals surface area contributed by atoms with E-state index in [1.807, 2.05) is 0 Å². The van der Waals surface area contributed by atoms with E-state index in [1.165, 1.54) is 25.2 Å². The normalized spacial score (nSPS) is 13.3. The van der Waals surface area contributed by atoms with Crippen molar-refractivity contribution >= 4 is 15.9 Å². The maximum absolute atomic E-state index is 13.4. The Morgan fingerprint density at radius 2 is 2.00 bits per heavy atom.